The fourth-order valence-electron chi connectivity index (χ4n) is 2.76. The molecule has 1 aromatic heterocycles. The van der Waals surface area contributed by atoms with Crippen molar-refractivity contribution >= 4 is 28.7 Å². The first-order chi connectivity index (χ1) is 12.0. The molecule has 0 radical (unpaired) electrons. The smallest absolute Gasteiger partial charge is 0.261 e. The number of hydrogen-bond donors (Lipinski definition) is 1. The molecule has 2 heterocycles. The van der Waals surface area contributed by atoms with Crippen molar-refractivity contribution in [1.29, 1.82) is 0 Å². The molecule has 0 spiro atoms. The average Bonchev–Trinajstić information content (AvgIpc) is 2.85. The number of allylic oxidation sites excluding steroid dienone is 3. The van der Waals surface area contributed by atoms with Crippen molar-refractivity contribution in [3.63, 3.8) is 0 Å². The van der Waals surface area contributed by atoms with Gasteiger partial charge in [-0.1, -0.05) is 35.9 Å². The minimum Gasteiger partial charge on any atom is -0.507 e. The molecule has 1 aliphatic heterocycles. The molecule has 1 fully saturated rings. The number of pyridine rings is 1. The van der Waals surface area contributed by atoms with Gasteiger partial charge in [0.2, 0.25) is 0 Å². The molecule has 3 rings (SSSR count). The second kappa shape index (κ2) is 6.73. The van der Waals surface area contributed by atoms with Crippen LogP contribution in [-0.4, -0.2) is 40.3 Å². The van der Waals surface area contributed by atoms with E-state index in [1.165, 1.54) is 18.0 Å². The van der Waals surface area contributed by atoms with Crippen molar-refractivity contribution in [3.05, 3.63) is 71.1 Å². The number of aliphatic hydroxyl groups is 1. The van der Waals surface area contributed by atoms with E-state index in [4.69, 9.17) is 0 Å². The largest absolute Gasteiger partial charge is 0.507 e. The Morgan fingerprint density at radius 1 is 1.20 bits per heavy atom. The topological polar surface area (TPSA) is 70.5 Å². The van der Waals surface area contributed by atoms with E-state index in [0.29, 0.717) is 0 Å². The highest BCUT2D eigenvalue weighted by Crippen LogP contribution is 2.20. The van der Waals surface area contributed by atoms with Crippen molar-refractivity contribution in [2.75, 3.05) is 13.6 Å². The van der Waals surface area contributed by atoms with Crippen LogP contribution in [0.15, 0.2) is 65.6 Å². The third-order valence-corrected chi connectivity index (χ3v) is 4.05. The molecule has 0 atom stereocenters. The molecule has 1 aliphatic rings. The van der Waals surface area contributed by atoms with Gasteiger partial charge < -0.3 is 10.0 Å². The van der Waals surface area contributed by atoms with Crippen LogP contribution in [0.4, 0.5) is 0 Å². The summed E-state index contributed by atoms with van der Waals surface area (Å²) >= 11 is 0. The Labute approximate surface area is 145 Å². The van der Waals surface area contributed by atoms with Crippen LogP contribution < -0.4 is 0 Å². The van der Waals surface area contributed by atoms with E-state index in [1.807, 2.05) is 43.3 Å². The lowest BCUT2D eigenvalue weighted by Crippen LogP contribution is -2.19. The molecule has 1 saturated heterocycles. The zero-order chi connectivity index (χ0) is 18.0. The number of aliphatic hydroxyl groups excluding tert-OH is 1. The maximum atomic E-state index is 11.9. The van der Waals surface area contributed by atoms with E-state index < -0.39 is 5.91 Å². The number of hydrogen-bond acceptors (Lipinski definition) is 4. The first-order valence-electron chi connectivity index (χ1n) is 7.89. The maximum Gasteiger partial charge on any atom is 0.261 e. The number of rotatable bonds is 3. The summed E-state index contributed by atoms with van der Waals surface area (Å²) in [6, 6.07) is 9.75. The summed E-state index contributed by atoms with van der Waals surface area (Å²) in [6.45, 7) is 1.89. The number of carbonyl (C=O) groups is 2. The zero-order valence-corrected chi connectivity index (χ0v) is 14.1. The highest BCUT2D eigenvalue weighted by molar-refractivity contribution is 6.25. The molecular weight excluding hydrogens is 316 g/mol. The molecule has 2 aromatic rings. The van der Waals surface area contributed by atoms with Crippen LogP contribution in [0, 0.1) is 0 Å². The quantitative estimate of drug-likeness (QED) is 0.405. The first kappa shape index (κ1) is 16.6. The van der Waals surface area contributed by atoms with E-state index >= 15 is 0 Å². The fraction of sp³-hybridized carbons (Fsp3) is 0.150. The molecule has 0 aliphatic carbocycles. The second-order valence-corrected chi connectivity index (χ2v) is 5.98. The van der Waals surface area contributed by atoms with Gasteiger partial charge in [-0.15, -0.1) is 0 Å². The Morgan fingerprint density at radius 2 is 1.96 bits per heavy atom. The summed E-state index contributed by atoms with van der Waals surface area (Å²) in [4.78, 5) is 29.3. The fourth-order valence-corrected chi connectivity index (χ4v) is 2.76. The predicted molar refractivity (Wildman–Crippen MR) is 96.8 cm³/mol. The SMILES string of the molecule is CC(/C=C/C(O)=C1\C(=O)CN(C)C1=O)=C\c1ccnc2ccccc12. The standard InChI is InChI=1S/C20H18N2O3/c1-13(7-8-17(23)19-18(24)12-22(2)20(19)25)11-14-9-10-21-16-6-4-3-5-15(14)16/h3-11,23H,12H2,1-2H3/b8-7+,13-11+,19-17-. The summed E-state index contributed by atoms with van der Waals surface area (Å²) in [7, 11) is 1.53. The predicted octanol–water partition coefficient (Wildman–Crippen LogP) is 3.05. The van der Waals surface area contributed by atoms with Gasteiger partial charge in [0.1, 0.15) is 11.3 Å². The molecule has 126 valence electrons. The van der Waals surface area contributed by atoms with Gasteiger partial charge in [0.15, 0.2) is 5.78 Å². The van der Waals surface area contributed by atoms with Crippen LogP contribution >= 0.6 is 0 Å². The maximum absolute atomic E-state index is 11.9. The third kappa shape index (κ3) is 3.35. The van der Waals surface area contributed by atoms with Gasteiger partial charge in [-0.25, -0.2) is 0 Å². The van der Waals surface area contributed by atoms with Crippen LogP contribution in [0.2, 0.25) is 0 Å². The number of para-hydroxylation sites is 1. The molecule has 0 unspecified atom stereocenters. The highest BCUT2D eigenvalue weighted by atomic mass is 16.3. The van der Waals surface area contributed by atoms with Crippen LogP contribution in [0.25, 0.3) is 17.0 Å². The van der Waals surface area contributed by atoms with Crippen LogP contribution in [0.3, 0.4) is 0 Å². The Hall–Kier alpha value is -3.21. The number of amides is 1. The van der Waals surface area contributed by atoms with Gasteiger partial charge in [-0.05, 0) is 30.7 Å². The van der Waals surface area contributed by atoms with Crippen molar-refractivity contribution < 1.29 is 14.7 Å². The molecule has 5 nitrogen and oxygen atoms in total. The minimum atomic E-state index is -0.450. The van der Waals surface area contributed by atoms with E-state index in [9.17, 15) is 14.7 Å². The number of aromatic nitrogens is 1. The number of likely N-dealkylation sites (tertiary alicyclic amines) is 1. The van der Waals surface area contributed by atoms with Crippen LogP contribution in [0.5, 0.6) is 0 Å². The average molecular weight is 334 g/mol. The number of Topliss-reactive ketones (excluding diaryl/α,β-unsaturated/α-hetero) is 1. The van der Waals surface area contributed by atoms with E-state index in [-0.39, 0.29) is 23.7 Å². The van der Waals surface area contributed by atoms with Gasteiger partial charge in [0, 0.05) is 18.6 Å². The number of carbonyl (C=O) groups excluding carboxylic acids is 2. The van der Waals surface area contributed by atoms with Gasteiger partial charge in [0.05, 0.1) is 12.1 Å². The number of nitrogens with zero attached hydrogens (tertiary/aromatic N) is 2. The molecule has 1 amide bonds. The zero-order valence-electron chi connectivity index (χ0n) is 14.1. The van der Waals surface area contributed by atoms with E-state index in [1.54, 1.807) is 12.3 Å². The summed E-state index contributed by atoms with van der Waals surface area (Å²) in [5, 5.41) is 11.1. The third-order valence-electron chi connectivity index (χ3n) is 4.05. The van der Waals surface area contributed by atoms with Gasteiger partial charge in [-0.3, -0.25) is 14.6 Å². The van der Waals surface area contributed by atoms with Gasteiger partial charge >= 0.3 is 0 Å². The van der Waals surface area contributed by atoms with Crippen LogP contribution in [0.1, 0.15) is 12.5 Å². The Morgan fingerprint density at radius 3 is 2.68 bits per heavy atom. The number of ketones is 1. The Bertz CT molecular complexity index is 949. The van der Waals surface area contributed by atoms with Crippen molar-refractivity contribution in [2.45, 2.75) is 6.92 Å². The minimum absolute atomic E-state index is 0.00386. The summed E-state index contributed by atoms with van der Waals surface area (Å²) in [6.07, 6.45) is 6.77. The first-order valence-corrected chi connectivity index (χ1v) is 7.89. The monoisotopic (exact) mass is 334 g/mol. The van der Waals surface area contributed by atoms with Crippen molar-refractivity contribution in [3.8, 4) is 0 Å². The molecule has 25 heavy (non-hydrogen) atoms. The Kier molecular flexibility index (Phi) is 4.48. The lowest BCUT2D eigenvalue weighted by molar-refractivity contribution is -0.123. The van der Waals surface area contributed by atoms with E-state index in [0.717, 1.165) is 22.0 Å². The normalized spacial score (nSPS) is 17.8. The molecule has 1 N–H and O–H groups in total. The molecule has 1 aromatic carbocycles. The second-order valence-electron chi connectivity index (χ2n) is 5.98. The number of fused-ring (bicyclic) bond motifs is 1. The lowest BCUT2D eigenvalue weighted by Gasteiger charge is -2.03. The van der Waals surface area contributed by atoms with Gasteiger partial charge in [-0.2, -0.15) is 0 Å². The van der Waals surface area contributed by atoms with Crippen molar-refractivity contribution in [1.82, 2.24) is 9.88 Å². The molecular formula is C20H18N2O3. The lowest BCUT2D eigenvalue weighted by atomic mass is 10.1. The van der Waals surface area contributed by atoms with Crippen LogP contribution in [-0.2, 0) is 9.59 Å². The number of likely N-dealkylation sites (N-methyl/N-ethyl adjacent to an activating group) is 1. The molecule has 0 saturated carbocycles. The number of benzene rings is 1. The summed E-state index contributed by atoms with van der Waals surface area (Å²) in [5.41, 5.74) is 2.63. The van der Waals surface area contributed by atoms with Gasteiger partial charge in [0.25, 0.3) is 5.91 Å². The highest BCUT2D eigenvalue weighted by Gasteiger charge is 2.33. The van der Waals surface area contributed by atoms with Crippen molar-refractivity contribution in [2.24, 2.45) is 0 Å². The summed E-state index contributed by atoms with van der Waals surface area (Å²) < 4.78 is 0. The summed E-state index contributed by atoms with van der Waals surface area (Å²) in [5.74, 6) is -1.11. The Balaban J connectivity index is 1.90. The van der Waals surface area contributed by atoms with E-state index in [2.05, 4.69) is 4.98 Å². The molecule has 0 bridgehead atoms. The molecule has 5 heteroatoms.